The van der Waals surface area contributed by atoms with Crippen LogP contribution in [0.2, 0.25) is 0 Å². The minimum Gasteiger partial charge on any atom is -0.282 e. The van der Waals surface area contributed by atoms with Crippen molar-refractivity contribution in [1.82, 2.24) is 4.90 Å². The van der Waals surface area contributed by atoms with Crippen molar-refractivity contribution in [3.8, 4) is 6.07 Å². The number of nitrogens with zero attached hydrogens (tertiary/aromatic N) is 2. The summed E-state index contributed by atoms with van der Waals surface area (Å²) in [6, 6.07) is 11.1. The molecule has 0 radical (unpaired) electrons. The van der Waals surface area contributed by atoms with E-state index < -0.39 is 5.54 Å². The van der Waals surface area contributed by atoms with E-state index >= 15 is 0 Å². The van der Waals surface area contributed by atoms with Gasteiger partial charge in [0, 0.05) is 0 Å². The molecule has 2 rings (SSSR count). The first kappa shape index (κ1) is 13.1. The molecule has 1 unspecified atom stereocenters. The van der Waals surface area contributed by atoms with Crippen LogP contribution in [0.4, 0.5) is 0 Å². The molecular weight excluding hydrogens is 220 g/mol. The number of aryl methyl sites for hydroxylation is 1. The summed E-state index contributed by atoms with van der Waals surface area (Å²) in [5, 5.41) is 9.85. The molecule has 0 spiro atoms. The fourth-order valence-electron chi connectivity index (χ4n) is 3.25. The molecule has 18 heavy (non-hydrogen) atoms. The third-order valence-corrected chi connectivity index (χ3v) is 4.19. The SMILES string of the molecule is CCN(CC)C1(C#N)CCCCc2ccccc21. The average Bonchev–Trinajstić information content (AvgIpc) is 2.61. The zero-order chi connectivity index (χ0) is 13.0. The minimum atomic E-state index is -0.406. The number of rotatable bonds is 3. The average molecular weight is 242 g/mol. The van der Waals surface area contributed by atoms with Gasteiger partial charge in [-0.3, -0.25) is 4.90 Å². The van der Waals surface area contributed by atoms with E-state index in [9.17, 15) is 5.26 Å². The first-order valence-corrected chi connectivity index (χ1v) is 7.03. The van der Waals surface area contributed by atoms with Crippen molar-refractivity contribution < 1.29 is 0 Å². The van der Waals surface area contributed by atoms with E-state index in [0.717, 1.165) is 32.4 Å². The Bertz CT molecular complexity index is 443. The largest absolute Gasteiger partial charge is 0.282 e. The van der Waals surface area contributed by atoms with Crippen molar-refractivity contribution in [2.45, 2.75) is 45.1 Å². The Morgan fingerprint density at radius 3 is 2.61 bits per heavy atom. The highest BCUT2D eigenvalue weighted by Crippen LogP contribution is 2.38. The maximum Gasteiger partial charge on any atom is 0.135 e. The summed E-state index contributed by atoms with van der Waals surface area (Å²) in [5.41, 5.74) is 2.20. The Labute approximate surface area is 110 Å². The van der Waals surface area contributed by atoms with Crippen molar-refractivity contribution in [3.63, 3.8) is 0 Å². The van der Waals surface area contributed by atoms with Gasteiger partial charge in [-0.1, -0.05) is 38.1 Å². The molecule has 1 aromatic carbocycles. The predicted octanol–water partition coefficient (Wildman–Crippen LogP) is 3.47. The second-order valence-electron chi connectivity index (χ2n) is 5.01. The topological polar surface area (TPSA) is 27.0 Å². The van der Waals surface area contributed by atoms with Gasteiger partial charge in [0.1, 0.15) is 5.54 Å². The fourth-order valence-corrected chi connectivity index (χ4v) is 3.25. The van der Waals surface area contributed by atoms with Gasteiger partial charge < -0.3 is 0 Å². The Morgan fingerprint density at radius 1 is 1.22 bits per heavy atom. The van der Waals surface area contributed by atoms with Gasteiger partial charge in [-0.15, -0.1) is 0 Å². The molecule has 1 aliphatic carbocycles. The molecule has 0 aliphatic heterocycles. The molecule has 1 atom stereocenters. The van der Waals surface area contributed by atoms with Crippen molar-refractivity contribution >= 4 is 0 Å². The lowest BCUT2D eigenvalue weighted by Crippen LogP contribution is -2.45. The molecular formula is C16H22N2. The van der Waals surface area contributed by atoms with Gasteiger partial charge in [0.05, 0.1) is 6.07 Å². The van der Waals surface area contributed by atoms with Crippen LogP contribution in [0.15, 0.2) is 24.3 Å². The third kappa shape index (κ3) is 2.04. The maximum absolute atomic E-state index is 9.85. The lowest BCUT2D eigenvalue weighted by molar-refractivity contribution is 0.141. The summed E-state index contributed by atoms with van der Waals surface area (Å²) in [5.74, 6) is 0. The lowest BCUT2D eigenvalue weighted by Gasteiger charge is -2.38. The van der Waals surface area contributed by atoms with Crippen LogP contribution in [0.3, 0.4) is 0 Å². The first-order valence-electron chi connectivity index (χ1n) is 7.03. The molecule has 0 saturated heterocycles. The molecule has 0 saturated carbocycles. The highest BCUT2D eigenvalue weighted by molar-refractivity contribution is 5.39. The number of hydrogen-bond donors (Lipinski definition) is 0. The molecule has 2 nitrogen and oxygen atoms in total. The van der Waals surface area contributed by atoms with E-state index in [2.05, 4.69) is 49.1 Å². The third-order valence-electron chi connectivity index (χ3n) is 4.19. The standard InChI is InChI=1S/C16H22N2/c1-3-18(4-2)16(13-17)12-8-7-10-14-9-5-6-11-15(14)16/h5-6,9,11H,3-4,7-8,10,12H2,1-2H3. The van der Waals surface area contributed by atoms with Crippen LogP contribution in [0.25, 0.3) is 0 Å². The molecule has 0 aromatic heterocycles. The van der Waals surface area contributed by atoms with Crippen LogP contribution >= 0.6 is 0 Å². The Hall–Kier alpha value is -1.33. The summed E-state index contributed by atoms with van der Waals surface area (Å²) >= 11 is 0. The maximum atomic E-state index is 9.85. The summed E-state index contributed by atoms with van der Waals surface area (Å²) < 4.78 is 0. The molecule has 1 aliphatic rings. The quantitative estimate of drug-likeness (QED) is 0.759. The van der Waals surface area contributed by atoms with Crippen molar-refractivity contribution in [2.75, 3.05) is 13.1 Å². The van der Waals surface area contributed by atoms with E-state index in [1.165, 1.54) is 17.5 Å². The zero-order valence-electron chi connectivity index (χ0n) is 11.4. The second kappa shape index (κ2) is 5.54. The fraction of sp³-hybridized carbons (Fsp3) is 0.562. The van der Waals surface area contributed by atoms with Gasteiger partial charge in [0.15, 0.2) is 0 Å². The monoisotopic (exact) mass is 242 g/mol. The number of benzene rings is 1. The first-order chi connectivity index (χ1) is 8.78. The van der Waals surface area contributed by atoms with Crippen molar-refractivity contribution in [1.29, 1.82) is 5.26 Å². The van der Waals surface area contributed by atoms with Gasteiger partial charge in [0.2, 0.25) is 0 Å². The Balaban J connectivity index is 2.56. The van der Waals surface area contributed by atoms with Gasteiger partial charge in [0.25, 0.3) is 0 Å². The highest BCUT2D eigenvalue weighted by atomic mass is 15.2. The van der Waals surface area contributed by atoms with Crippen molar-refractivity contribution in [3.05, 3.63) is 35.4 Å². The Kier molecular flexibility index (Phi) is 4.04. The van der Waals surface area contributed by atoms with E-state index in [4.69, 9.17) is 0 Å². The molecule has 2 heteroatoms. The number of nitriles is 1. The van der Waals surface area contributed by atoms with E-state index in [0.29, 0.717) is 0 Å². The normalized spacial score (nSPS) is 23.2. The minimum absolute atomic E-state index is 0.406. The van der Waals surface area contributed by atoms with Crippen molar-refractivity contribution in [2.24, 2.45) is 0 Å². The molecule has 0 bridgehead atoms. The smallest absolute Gasteiger partial charge is 0.135 e. The summed E-state index contributed by atoms with van der Waals surface area (Å²) in [6.45, 7) is 6.16. The zero-order valence-corrected chi connectivity index (χ0v) is 11.4. The lowest BCUT2D eigenvalue weighted by atomic mass is 9.84. The van der Waals surface area contributed by atoms with Gasteiger partial charge in [-0.2, -0.15) is 5.26 Å². The molecule has 96 valence electrons. The van der Waals surface area contributed by atoms with Crippen LogP contribution in [-0.2, 0) is 12.0 Å². The molecule has 0 heterocycles. The van der Waals surface area contributed by atoms with E-state index in [1.807, 2.05) is 0 Å². The summed E-state index contributed by atoms with van der Waals surface area (Å²) in [6.07, 6.45) is 4.41. The number of fused-ring (bicyclic) bond motifs is 1. The van der Waals surface area contributed by atoms with Crippen LogP contribution in [-0.4, -0.2) is 18.0 Å². The molecule has 0 N–H and O–H groups in total. The van der Waals surface area contributed by atoms with Gasteiger partial charge >= 0.3 is 0 Å². The van der Waals surface area contributed by atoms with Gasteiger partial charge in [-0.25, -0.2) is 0 Å². The molecule has 0 amide bonds. The van der Waals surface area contributed by atoms with Crippen LogP contribution in [0.5, 0.6) is 0 Å². The van der Waals surface area contributed by atoms with Crippen LogP contribution < -0.4 is 0 Å². The number of hydrogen-bond acceptors (Lipinski definition) is 2. The van der Waals surface area contributed by atoms with Crippen LogP contribution in [0.1, 0.15) is 44.2 Å². The summed E-state index contributed by atoms with van der Waals surface area (Å²) in [4.78, 5) is 2.32. The predicted molar refractivity (Wildman–Crippen MR) is 74.2 cm³/mol. The Morgan fingerprint density at radius 2 is 1.94 bits per heavy atom. The van der Waals surface area contributed by atoms with Crippen LogP contribution in [0, 0.1) is 11.3 Å². The highest BCUT2D eigenvalue weighted by Gasteiger charge is 2.39. The second-order valence-corrected chi connectivity index (χ2v) is 5.01. The van der Waals surface area contributed by atoms with E-state index in [1.54, 1.807) is 0 Å². The van der Waals surface area contributed by atoms with Gasteiger partial charge in [-0.05, 0) is 49.9 Å². The summed E-state index contributed by atoms with van der Waals surface area (Å²) in [7, 11) is 0. The molecule has 1 aromatic rings. The molecule has 0 fully saturated rings. The van der Waals surface area contributed by atoms with E-state index in [-0.39, 0.29) is 0 Å².